The Kier molecular flexibility index (Phi) is 10.1. The Labute approximate surface area is 170 Å². The van der Waals surface area contributed by atoms with Crippen molar-refractivity contribution in [2.45, 2.75) is 51.0 Å². The minimum Gasteiger partial charge on any atom is -0.356 e. The Bertz CT molecular complexity index is 576. The topological polar surface area (TPSA) is 71.1 Å². The molecule has 2 amide bonds. The van der Waals surface area contributed by atoms with E-state index in [9.17, 15) is 9.59 Å². The summed E-state index contributed by atoms with van der Waals surface area (Å²) in [6, 6.07) is 5.82. The first-order valence-corrected chi connectivity index (χ1v) is 12.1. The van der Waals surface area contributed by atoms with E-state index in [4.69, 9.17) is 0 Å². The van der Waals surface area contributed by atoms with E-state index in [0.717, 1.165) is 10.8 Å². The van der Waals surface area contributed by atoms with Crippen molar-refractivity contribution >= 4 is 33.4 Å². The molecule has 0 aromatic carbocycles. The van der Waals surface area contributed by atoms with Gasteiger partial charge in [0.05, 0.1) is 0 Å². The number of rotatable bonds is 10. The minimum atomic E-state index is -0.0156. The van der Waals surface area contributed by atoms with Gasteiger partial charge < -0.3 is 10.6 Å². The van der Waals surface area contributed by atoms with Crippen LogP contribution < -0.4 is 10.6 Å². The highest BCUT2D eigenvalue weighted by Gasteiger charge is 2.29. The lowest BCUT2D eigenvalue weighted by atomic mass is 9.72. The van der Waals surface area contributed by atoms with Gasteiger partial charge in [0.15, 0.2) is 0 Å². The third-order valence-electron chi connectivity index (χ3n) is 5.17. The second kappa shape index (κ2) is 12.3. The van der Waals surface area contributed by atoms with Crippen molar-refractivity contribution in [1.82, 2.24) is 15.6 Å². The fourth-order valence-corrected chi connectivity index (χ4v) is 5.36. The highest BCUT2D eigenvalue weighted by Crippen LogP contribution is 2.36. The average molecular weight is 410 g/mol. The summed E-state index contributed by atoms with van der Waals surface area (Å²) in [5.41, 5.74) is 0. The van der Waals surface area contributed by atoms with Gasteiger partial charge in [-0.25, -0.2) is 4.98 Å². The molecule has 150 valence electrons. The molecule has 1 aromatic rings. The molecule has 1 saturated carbocycles. The van der Waals surface area contributed by atoms with E-state index in [1.165, 1.54) is 19.3 Å². The van der Waals surface area contributed by atoms with E-state index < -0.39 is 0 Å². The standard InChI is InChI=1S/C20H31N3O2S2/c1-15-6-5-7-16(2)17(15)14-19(25)21-11-9-18(24)22-12-13-26-27-20-8-3-4-10-23-20/h3-4,8,10,15-17H,5-7,9,11-14H2,1-2H3,(H,21,25)(H,22,24). The molecule has 2 unspecified atom stereocenters. The first-order valence-electron chi connectivity index (χ1n) is 9.80. The second-order valence-electron chi connectivity index (χ2n) is 7.28. The van der Waals surface area contributed by atoms with Gasteiger partial charge in [0.25, 0.3) is 0 Å². The summed E-state index contributed by atoms with van der Waals surface area (Å²) in [6.45, 7) is 5.54. The van der Waals surface area contributed by atoms with Crippen LogP contribution in [0, 0.1) is 17.8 Å². The summed E-state index contributed by atoms with van der Waals surface area (Å²) in [5, 5.41) is 6.77. The molecular weight excluding hydrogens is 378 g/mol. The molecule has 1 aromatic heterocycles. The van der Waals surface area contributed by atoms with E-state index >= 15 is 0 Å². The van der Waals surface area contributed by atoms with Crippen LogP contribution in [0.15, 0.2) is 29.4 Å². The number of nitrogens with one attached hydrogen (secondary N) is 2. The summed E-state index contributed by atoms with van der Waals surface area (Å²) in [4.78, 5) is 28.3. The molecule has 0 bridgehead atoms. The van der Waals surface area contributed by atoms with Gasteiger partial charge in [0.2, 0.25) is 11.8 Å². The maximum atomic E-state index is 12.2. The van der Waals surface area contributed by atoms with Crippen molar-refractivity contribution in [3.8, 4) is 0 Å². The minimum absolute atomic E-state index is 0.0156. The van der Waals surface area contributed by atoms with Crippen LogP contribution in [0.4, 0.5) is 0 Å². The summed E-state index contributed by atoms with van der Waals surface area (Å²) < 4.78 is 0. The maximum Gasteiger partial charge on any atom is 0.221 e. The van der Waals surface area contributed by atoms with Gasteiger partial charge in [-0.1, -0.05) is 50.0 Å². The largest absolute Gasteiger partial charge is 0.356 e. The quantitative estimate of drug-likeness (QED) is 0.453. The molecule has 1 aliphatic rings. The third-order valence-corrected chi connectivity index (χ3v) is 7.43. The Morgan fingerprint density at radius 2 is 1.85 bits per heavy atom. The second-order valence-corrected chi connectivity index (χ2v) is 9.71. The monoisotopic (exact) mass is 409 g/mol. The molecule has 1 fully saturated rings. The Hall–Kier alpha value is -1.21. The van der Waals surface area contributed by atoms with Gasteiger partial charge in [0.1, 0.15) is 5.03 Å². The van der Waals surface area contributed by atoms with Gasteiger partial charge in [0, 0.05) is 37.9 Å². The molecule has 1 aliphatic carbocycles. The van der Waals surface area contributed by atoms with E-state index in [2.05, 4.69) is 29.5 Å². The van der Waals surface area contributed by atoms with Crippen LogP contribution in [0.2, 0.25) is 0 Å². The number of carbonyl (C=O) groups is 2. The number of carbonyl (C=O) groups excluding carboxylic acids is 2. The van der Waals surface area contributed by atoms with Crippen LogP contribution in [0.5, 0.6) is 0 Å². The number of hydrogen-bond acceptors (Lipinski definition) is 5. The predicted molar refractivity (Wildman–Crippen MR) is 113 cm³/mol. The van der Waals surface area contributed by atoms with Crippen molar-refractivity contribution in [2.24, 2.45) is 17.8 Å². The fraction of sp³-hybridized carbons (Fsp3) is 0.650. The fourth-order valence-electron chi connectivity index (χ4n) is 3.57. The van der Waals surface area contributed by atoms with Crippen LogP contribution in [0.3, 0.4) is 0 Å². The first kappa shape index (κ1) is 22.1. The van der Waals surface area contributed by atoms with Crippen LogP contribution in [-0.4, -0.2) is 35.6 Å². The maximum absolute atomic E-state index is 12.2. The molecular formula is C20H31N3O2S2. The van der Waals surface area contributed by atoms with Gasteiger partial charge in [-0.3, -0.25) is 9.59 Å². The molecule has 5 nitrogen and oxygen atoms in total. The lowest BCUT2D eigenvalue weighted by molar-refractivity contribution is -0.123. The SMILES string of the molecule is CC1CCCC(C)C1CC(=O)NCCC(=O)NCCSSc1ccccn1. The van der Waals surface area contributed by atoms with E-state index in [-0.39, 0.29) is 11.8 Å². The lowest BCUT2D eigenvalue weighted by Crippen LogP contribution is -2.35. The highest BCUT2D eigenvalue weighted by atomic mass is 33.1. The summed E-state index contributed by atoms with van der Waals surface area (Å²) >= 11 is 0. The molecule has 0 spiro atoms. The Balaban J connectivity index is 1.50. The van der Waals surface area contributed by atoms with Crippen molar-refractivity contribution < 1.29 is 9.59 Å². The van der Waals surface area contributed by atoms with Crippen LogP contribution in [-0.2, 0) is 9.59 Å². The molecule has 2 atom stereocenters. The van der Waals surface area contributed by atoms with E-state index in [0.29, 0.717) is 43.7 Å². The Morgan fingerprint density at radius 3 is 2.56 bits per heavy atom. The summed E-state index contributed by atoms with van der Waals surface area (Å²) in [5.74, 6) is 2.58. The van der Waals surface area contributed by atoms with Crippen molar-refractivity contribution in [3.05, 3.63) is 24.4 Å². The Morgan fingerprint density at radius 1 is 1.11 bits per heavy atom. The summed E-state index contributed by atoms with van der Waals surface area (Å²) in [6.07, 6.45) is 6.42. The highest BCUT2D eigenvalue weighted by molar-refractivity contribution is 8.76. The molecule has 27 heavy (non-hydrogen) atoms. The smallest absolute Gasteiger partial charge is 0.221 e. The van der Waals surface area contributed by atoms with Crippen LogP contribution in [0.25, 0.3) is 0 Å². The summed E-state index contributed by atoms with van der Waals surface area (Å²) in [7, 11) is 3.27. The molecule has 7 heteroatoms. The number of aromatic nitrogens is 1. The number of hydrogen-bond donors (Lipinski definition) is 2. The molecule has 2 N–H and O–H groups in total. The van der Waals surface area contributed by atoms with Gasteiger partial charge in [-0.15, -0.1) is 0 Å². The zero-order valence-electron chi connectivity index (χ0n) is 16.3. The zero-order valence-corrected chi connectivity index (χ0v) is 17.9. The molecule has 0 radical (unpaired) electrons. The van der Waals surface area contributed by atoms with Crippen molar-refractivity contribution in [1.29, 1.82) is 0 Å². The van der Waals surface area contributed by atoms with Crippen molar-refractivity contribution in [2.75, 3.05) is 18.8 Å². The first-order chi connectivity index (χ1) is 13.1. The average Bonchev–Trinajstić information content (AvgIpc) is 2.65. The van der Waals surface area contributed by atoms with Crippen molar-refractivity contribution in [3.63, 3.8) is 0 Å². The van der Waals surface area contributed by atoms with Gasteiger partial charge in [-0.05, 0) is 40.7 Å². The normalized spacial score (nSPS) is 22.2. The van der Waals surface area contributed by atoms with Crippen LogP contribution in [0.1, 0.15) is 46.0 Å². The lowest BCUT2D eigenvalue weighted by Gasteiger charge is -2.34. The van der Waals surface area contributed by atoms with E-state index in [1.54, 1.807) is 27.8 Å². The van der Waals surface area contributed by atoms with Gasteiger partial charge >= 0.3 is 0 Å². The van der Waals surface area contributed by atoms with Gasteiger partial charge in [-0.2, -0.15) is 0 Å². The zero-order chi connectivity index (χ0) is 19.5. The molecule has 0 saturated heterocycles. The molecule has 0 aliphatic heterocycles. The van der Waals surface area contributed by atoms with E-state index in [1.807, 2.05) is 18.2 Å². The number of amides is 2. The third kappa shape index (κ3) is 8.56. The van der Waals surface area contributed by atoms with Crippen LogP contribution >= 0.6 is 21.6 Å². The molecule has 1 heterocycles. The molecule has 2 rings (SSSR count). The number of pyridine rings is 1. The number of nitrogens with zero attached hydrogens (tertiary/aromatic N) is 1. The predicted octanol–water partition coefficient (Wildman–Crippen LogP) is 3.91.